The average molecular weight is 391 g/mol. The number of unbranched alkanes of at least 4 members (excludes halogenated alkanes) is 1. The van der Waals surface area contributed by atoms with Crippen LogP contribution in [0.15, 0.2) is 24.3 Å². The van der Waals surface area contributed by atoms with Gasteiger partial charge < -0.3 is 26.2 Å². The van der Waals surface area contributed by atoms with Gasteiger partial charge in [0.2, 0.25) is 11.8 Å². The molecule has 0 bridgehead atoms. The molecule has 0 radical (unpaired) electrons. The number of amides is 2. The lowest BCUT2D eigenvalue weighted by Gasteiger charge is -2.27. The number of likely N-dealkylation sites (tertiary alicyclic amines) is 1. The molecule has 0 aromatic heterocycles. The first-order valence-electron chi connectivity index (χ1n) is 9.73. The molecule has 1 aliphatic rings. The Labute approximate surface area is 164 Å². The molecule has 1 fully saturated rings. The van der Waals surface area contributed by atoms with Gasteiger partial charge in [-0.1, -0.05) is 12.1 Å². The minimum atomic E-state index is -1.01. The number of rotatable bonds is 10. The smallest absolute Gasteiger partial charge is 0.326 e. The fourth-order valence-corrected chi connectivity index (χ4v) is 3.42. The summed E-state index contributed by atoms with van der Waals surface area (Å²) in [7, 11) is 0. The number of nitrogens with one attached hydrogen (secondary N) is 1. The number of nitrogens with two attached hydrogens (primary N) is 1. The Morgan fingerprint density at radius 3 is 2.57 bits per heavy atom. The lowest BCUT2D eigenvalue weighted by atomic mass is 10.1. The molecule has 8 nitrogen and oxygen atoms in total. The number of aromatic hydroxyl groups is 1. The van der Waals surface area contributed by atoms with Crippen molar-refractivity contribution in [2.45, 2.75) is 57.0 Å². The Kier molecular flexibility index (Phi) is 8.25. The van der Waals surface area contributed by atoms with E-state index in [1.165, 1.54) is 4.90 Å². The monoisotopic (exact) mass is 391 g/mol. The number of hydrogen-bond donors (Lipinski definition) is 4. The van der Waals surface area contributed by atoms with Crippen molar-refractivity contribution in [2.24, 2.45) is 5.73 Å². The van der Waals surface area contributed by atoms with E-state index < -0.39 is 18.1 Å². The summed E-state index contributed by atoms with van der Waals surface area (Å²) in [6.07, 6.45) is 3.61. The van der Waals surface area contributed by atoms with Crippen LogP contribution in [0.4, 0.5) is 0 Å². The molecule has 28 heavy (non-hydrogen) atoms. The zero-order valence-corrected chi connectivity index (χ0v) is 16.0. The van der Waals surface area contributed by atoms with Gasteiger partial charge in [0.25, 0.3) is 0 Å². The maximum Gasteiger partial charge on any atom is 0.326 e. The lowest BCUT2D eigenvalue weighted by molar-refractivity contribution is -0.149. The van der Waals surface area contributed by atoms with Crippen LogP contribution >= 0.6 is 0 Å². The normalized spacial score (nSPS) is 17.3. The van der Waals surface area contributed by atoms with Gasteiger partial charge >= 0.3 is 5.97 Å². The second-order valence-corrected chi connectivity index (χ2v) is 7.10. The molecule has 5 N–H and O–H groups in total. The molecule has 0 saturated carbocycles. The first kappa shape index (κ1) is 21.7. The first-order valence-corrected chi connectivity index (χ1v) is 9.73. The molecule has 154 valence electrons. The van der Waals surface area contributed by atoms with Gasteiger partial charge in [-0.15, -0.1) is 0 Å². The fraction of sp³-hybridized carbons (Fsp3) is 0.550. The van der Waals surface area contributed by atoms with Crippen molar-refractivity contribution in [3.63, 3.8) is 0 Å². The highest BCUT2D eigenvalue weighted by molar-refractivity contribution is 5.90. The number of aryl methyl sites for hydroxylation is 1. The summed E-state index contributed by atoms with van der Waals surface area (Å²) in [5.74, 6) is -1.44. The average Bonchev–Trinajstić information content (AvgIpc) is 3.16. The Bertz CT molecular complexity index is 677. The highest BCUT2D eigenvalue weighted by Gasteiger charge is 2.37. The SMILES string of the molecule is NCCCC[C@H](NC(=O)CCc1ccc(O)cc1)C(=O)N1CCC[C@H]1C(=O)O. The molecular weight excluding hydrogens is 362 g/mol. The van der Waals surface area contributed by atoms with Crippen molar-refractivity contribution < 1.29 is 24.6 Å². The van der Waals surface area contributed by atoms with Gasteiger partial charge in [0.15, 0.2) is 0 Å². The standard InChI is InChI=1S/C20H29N3O5/c21-12-2-1-4-16(19(26)23-13-3-5-17(23)20(27)28)22-18(25)11-8-14-6-9-15(24)10-7-14/h6-7,9-10,16-17,24H,1-5,8,11-13,21H2,(H,22,25)(H,27,28)/t16-,17-/m0/s1. The van der Waals surface area contributed by atoms with Crippen LogP contribution in [0, 0.1) is 0 Å². The van der Waals surface area contributed by atoms with E-state index in [0.717, 1.165) is 12.0 Å². The first-order chi connectivity index (χ1) is 13.4. The van der Waals surface area contributed by atoms with Gasteiger partial charge in [-0.05, 0) is 62.8 Å². The summed E-state index contributed by atoms with van der Waals surface area (Å²) >= 11 is 0. The van der Waals surface area contributed by atoms with E-state index in [9.17, 15) is 24.6 Å². The van der Waals surface area contributed by atoms with E-state index in [4.69, 9.17) is 5.73 Å². The summed E-state index contributed by atoms with van der Waals surface area (Å²) in [6.45, 7) is 0.893. The molecular formula is C20H29N3O5. The number of phenolic OH excluding ortho intramolecular Hbond substituents is 1. The van der Waals surface area contributed by atoms with Crippen LogP contribution in [0.1, 0.15) is 44.1 Å². The van der Waals surface area contributed by atoms with Crippen molar-refractivity contribution in [2.75, 3.05) is 13.1 Å². The van der Waals surface area contributed by atoms with Crippen molar-refractivity contribution in [3.8, 4) is 5.75 Å². The summed E-state index contributed by atoms with van der Waals surface area (Å²) in [5, 5.41) is 21.4. The minimum absolute atomic E-state index is 0.164. The second-order valence-electron chi connectivity index (χ2n) is 7.10. The van der Waals surface area contributed by atoms with Crippen LogP contribution in [-0.4, -0.2) is 58.1 Å². The third kappa shape index (κ3) is 6.23. The number of phenols is 1. The molecule has 1 saturated heterocycles. The van der Waals surface area contributed by atoms with E-state index in [1.807, 2.05) is 0 Å². The Hall–Kier alpha value is -2.61. The van der Waals surface area contributed by atoms with Gasteiger partial charge in [-0.25, -0.2) is 4.79 Å². The number of aliphatic carboxylic acids is 1. The zero-order chi connectivity index (χ0) is 20.5. The number of carbonyl (C=O) groups is 3. The lowest BCUT2D eigenvalue weighted by Crippen LogP contribution is -2.51. The number of nitrogens with zero attached hydrogens (tertiary/aromatic N) is 1. The van der Waals surface area contributed by atoms with Crippen LogP contribution in [0.25, 0.3) is 0 Å². The van der Waals surface area contributed by atoms with Gasteiger partial charge in [-0.3, -0.25) is 9.59 Å². The van der Waals surface area contributed by atoms with Gasteiger partial charge in [0.1, 0.15) is 17.8 Å². The number of hydrogen-bond acceptors (Lipinski definition) is 5. The molecule has 2 atom stereocenters. The number of carboxylic acid groups (broad SMARTS) is 1. The molecule has 1 aromatic rings. The molecule has 8 heteroatoms. The molecule has 0 unspecified atom stereocenters. The third-order valence-corrected chi connectivity index (χ3v) is 4.98. The minimum Gasteiger partial charge on any atom is -0.508 e. The van der Waals surface area contributed by atoms with Gasteiger partial charge in [0.05, 0.1) is 0 Å². The quantitative estimate of drug-likeness (QED) is 0.440. The summed E-state index contributed by atoms with van der Waals surface area (Å²) in [4.78, 5) is 38.0. The third-order valence-electron chi connectivity index (χ3n) is 4.98. The molecule has 1 aliphatic heterocycles. The van der Waals surface area contributed by atoms with E-state index >= 15 is 0 Å². The van der Waals surface area contributed by atoms with Crippen molar-refractivity contribution >= 4 is 17.8 Å². The molecule has 2 amide bonds. The molecule has 1 aromatic carbocycles. The largest absolute Gasteiger partial charge is 0.508 e. The molecule has 1 heterocycles. The fourth-order valence-electron chi connectivity index (χ4n) is 3.42. The van der Waals surface area contributed by atoms with Crippen LogP contribution < -0.4 is 11.1 Å². The highest BCUT2D eigenvalue weighted by Crippen LogP contribution is 2.20. The summed E-state index contributed by atoms with van der Waals surface area (Å²) in [5.41, 5.74) is 6.43. The summed E-state index contributed by atoms with van der Waals surface area (Å²) in [6, 6.07) is 5.05. The number of carboxylic acids is 1. The number of carbonyl (C=O) groups excluding carboxylic acids is 2. The second kappa shape index (κ2) is 10.7. The van der Waals surface area contributed by atoms with Crippen LogP contribution in [0.5, 0.6) is 5.75 Å². The maximum atomic E-state index is 12.9. The molecule has 2 rings (SSSR count). The topological polar surface area (TPSA) is 133 Å². The van der Waals surface area contributed by atoms with E-state index in [1.54, 1.807) is 24.3 Å². The van der Waals surface area contributed by atoms with Crippen LogP contribution in [-0.2, 0) is 20.8 Å². The molecule has 0 spiro atoms. The highest BCUT2D eigenvalue weighted by atomic mass is 16.4. The van der Waals surface area contributed by atoms with E-state index in [-0.39, 0.29) is 24.0 Å². The van der Waals surface area contributed by atoms with Crippen LogP contribution in [0.3, 0.4) is 0 Å². The van der Waals surface area contributed by atoms with Crippen LogP contribution in [0.2, 0.25) is 0 Å². The maximum absolute atomic E-state index is 12.9. The van der Waals surface area contributed by atoms with Gasteiger partial charge in [-0.2, -0.15) is 0 Å². The Balaban J connectivity index is 1.96. The van der Waals surface area contributed by atoms with Crippen molar-refractivity contribution in [3.05, 3.63) is 29.8 Å². The summed E-state index contributed by atoms with van der Waals surface area (Å²) < 4.78 is 0. The number of benzene rings is 1. The molecule has 0 aliphatic carbocycles. The van der Waals surface area contributed by atoms with Crippen molar-refractivity contribution in [1.82, 2.24) is 10.2 Å². The predicted molar refractivity (Wildman–Crippen MR) is 104 cm³/mol. The predicted octanol–water partition coefficient (Wildman–Crippen LogP) is 1.01. The Morgan fingerprint density at radius 2 is 1.93 bits per heavy atom. The Morgan fingerprint density at radius 1 is 1.21 bits per heavy atom. The van der Waals surface area contributed by atoms with Crippen molar-refractivity contribution in [1.29, 1.82) is 0 Å². The zero-order valence-electron chi connectivity index (χ0n) is 16.0. The van der Waals surface area contributed by atoms with E-state index in [2.05, 4.69) is 5.32 Å². The van der Waals surface area contributed by atoms with Gasteiger partial charge in [0, 0.05) is 13.0 Å². The van der Waals surface area contributed by atoms with E-state index in [0.29, 0.717) is 45.2 Å².